The minimum Gasteiger partial charge on any atom is -0.470 e. The molecule has 0 aromatic heterocycles. The van der Waals surface area contributed by atoms with Crippen molar-refractivity contribution in [2.75, 3.05) is 6.61 Å². The largest absolute Gasteiger partial charge is 0.470 e. The minimum atomic E-state index is -0.281. The van der Waals surface area contributed by atoms with Gasteiger partial charge in [0.1, 0.15) is 0 Å². The minimum absolute atomic E-state index is 0.281. The molecule has 0 aromatic carbocycles. The van der Waals surface area contributed by atoms with Gasteiger partial charge >= 0.3 is 0 Å². The highest BCUT2D eigenvalue weighted by molar-refractivity contribution is 5.88. The highest BCUT2D eigenvalue weighted by Gasteiger charge is 1.91. The predicted octanol–water partition coefficient (Wildman–Crippen LogP) is 1.69. The van der Waals surface area contributed by atoms with E-state index in [1.165, 1.54) is 0 Å². The smallest absolute Gasteiger partial charge is 0.287 e. The van der Waals surface area contributed by atoms with E-state index in [2.05, 4.69) is 6.92 Å². The third-order valence-corrected chi connectivity index (χ3v) is 1.10. The molecule has 0 radical (unpaired) electrons. The van der Waals surface area contributed by atoms with Gasteiger partial charge in [-0.1, -0.05) is 19.8 Å². The second-order valence-electron chi connectivity index (χ2n) is 2.00. The first-order chi connectivity index (χ1) is 4.81. The van der Waals surface area contributed by atoms with Gasteiger partial charge < -0.3 is 4.74 Å². The molecule has 3 nitrogen and oxygen atoms in total. The lowest BCUT2D eigenvalue weighted by molar-refractivity contribution is 0.295. The Labute approximate surface area is 61.1 Å². The van der Waals surface area contributed by atoms with Crippen molar-refractivity contribution in [3.05, 3.63) is 0 Å². The number of hydrogen-bond donors (Lipinski definition) is 1. The summed E-state index contributed by atoms with van der Waals surface area (Å²) in [5.74, 6) is -0.281. The average Bonchev–Trinajstić information content (AvgIpc) is 1.98. The molecule has 0 amide bonds. The molecule has 56 valence electrons. The van der Waals surface area contributed by atoms with E-state index in [-0.39, 0.29) is 5.90 Å². The third kappa shape index (κ3) is 5.10. The maximum atomic E-state index is 8.09. The summed E-state index contributed by atoms with van der Waals surface area (Å²) in [5.41, 5.74) is 0. The van der Waals surface area contributed by atoms with Crippen LogP contribution in [0.3, 0.4) is 0 Å². The van der Waals surface area contributed by atoms with E-state index in [4.69, 9.17) is 15.4 Å². The molecule has 0 aliphatic carbocycles. The maximum Gasteiger partial charge on any atom is 0.287 e. The second-order valence-corrected chi connectivity index (χ2v) is 2.00. The van der Waals surface area contributed by atoms with E-state index < -0.39 is 0 Å². The Morgan fingerprint density at radius 3 is 2.80 bits per heavy atom. The maximum absolute atomic E-state index is 8.09. The van der Waals surface area contributed by atoms with E-state index in [0.29, 0.717) is 6.61 Å². The fraction of sp³-hybridized carbons (Fsp3) is 0.714. The van der Waals surface area contributed by atoms with Crippen molar-refractivity contribution in [3.63, 3.8) is 0 Å². The zero-order valence-electron chi connectivity index (χ0n) is 6.18. The van der Waals surface area contributed by atoms with Crippen LogP contribution in [0, 0.1) is 16.7 Å². The zero-order valence-corrected chi connectivity index (χ0v) is 6.18. The summed E-state index contributed by atoms with van der Waals surface area (Å²) in [6.07, 6.45) is 3.16. The van der Waals surface area contributed by atoms with E-state index in [9.17, 15) is 0 Å². The number of rotatable bonds is 4. The third-order valence-electron chi connectivity index (χ3n) is 1.10. The molecular weight excluding hydrogens is 128 g/mol. The Bertz CT molecular complexity index is 137. The Morgan fingerprint density at radius 2 is 2.30 bits per heavy atom. The topological polar surface area (TPSA) is 56.9 Å². The van der Waals surface area contributed by atoms with Crippen LogP contribution in [0.15, 0.2) is 0 Å². The number of nitrogens with zero attached hydrogens (tertiary/aromatic N) is 1. The number of ether oxygens (including phenoxy) is 1. The van der Waals surface area contributed by atoms with Gasteiger partial charge in [0, 0.05) is 0 Å². The summed E-state index contributed by atoms with van der Waals surface area (Å²) in [7, 11) is 0. The van der Waals surface area contributed by atoms with Crippen LogP contribution in [0.5, 0.6) is 0 Å². The van der Waals surface area contributed by atoms with Crippen molar-refractivity contribution in [1.29, 1.82) is 10.7 Å². The molecule has 0 aliphatic heterocycles. The Hall–Kier alpha value is -1.04. The monoisotopic (exact) mass is 140 g/mol. The Balaban J connectivity index is 3.06. The molecule has 0 spiro atoms. The van der Waals surface area contributed by atoms with Crippen LogP contribution in [0.1, 0.15) is 26.2 Å². The second kappa shape index (κ2) is 6.09. The van der Waals surface area contributed by atoms with Gasteiger partial charge in [-0.15, -0.1) is 0 Å². The summed E-state index contributed by atoms with van der Waals surface area (Å²) in [6.45, 7) is 2.59. The number of nitrogens with one attached hydrogen (secondary N) is 1. The molecule has 0 bridgehead atoms. The Morgan fingerprint density at radius 1 is 1.60 bits per heavy atom. The molecule has 0 aromatic rings. The molecule has 0 saturated heterocycles. The number of unbranched alkanes of at least 4 members (excludes halogenated alkanes) is 2. The average molecular weight is 140 g/mol. The lowest BCUT2D eigenvalue weighted by atomic mass is 10.3. The van der Waals surface area contributed by atoms with E-state index in [1.807, 2.05) is 0 Å². The van der Waals surface area contributed by atoms with Gasteiger partial charge in [0.05, 0.1) is 6.61 Å². The summed E-state index contributed by atoms with van der Waals surface area (Å²) in [5, 5.41) is 14.9. The normalized spacial score (nSPS) is 8.40. The molecule has 1 N–H and O–H groups in total. The lowest BCUT2D eigenvalue weighted by Crippen LogP contribution is -2.00. The molecule has 0 fully saturated rings. The van der Waals surface area contributed by atoms with Crippen LogP contribution in [0.25, 0.3) is 0 Å². The molecule has 0 unspecified atom stereocenters. The first-order valence-corrected chi connectivity index (χ1v) is 3.42. The summed E-state index contributed by atoms with van der Waals surface area (Å²) < 4.78 is 4.72. The Kier molecular flexibility index (Phi) is 5.45. The van der Waals surface area contributed by atoms with Gasteiger partial charge in [0.15, 0.2) is 6.07 Å². The molecule has 0 rings (SSSR count). The number of hydrogen-bond acceptors (Lipinski definition) is 3. The molecule has 0 aliphatic rings. The van der Waals surface area contributed by atoms with Gasteiger partial charge in [-0.3, -0.25) is 5.41 Å². The van der Waals surface area contributed by atoms with Crippen molar-refractivity contribution < 1.29 is 4.74 Å². The predicted molar refractivity (Wildman–Crippen MR) is 38.8 cm³/mol. The van der Waals surface area contributed by atoms with Gasteiger partial charge in [-0.25, -0.2) is 0 Å². The quantitative estimate of drug-likeness (QED) is 0.367. The van der Waals surface area contributed by atoms with Crippen molar-refractivity contribution in [3.8, 4) is 6.07 Å². The van der Waals surface area contributed by atoms with Gasteiger partial charge in [-0.2, -0.15) is 5.26 Å². The highest BCUT2D eigenvalue weighted by atomic mass is 16.5. The summed E-state index contributed by atoms with van der Waals surface area (Å²) in [4.78, 5) is 0. The van der Waals surface area contributed by atoms with Gasteiger partial charge in [0.2, 0.25) is 0 Å². The van der Waals surface area contributed by atoms with Crippen molar-refractivity contribution >= 4 is 5.90 Å². The summed E-state index contributed by atoms with van der Waals surface area (Å²) in [6, 6.07) is 1.60. The first-order valence-electron chi connectivity index (χ1n) is 3.42. The van der Waals surface area contributed by atoms with Gasteiger partial charge in [-0.05, 0) is 6.42 Å². The van der Waals surface area contributed by atoms with Crippen LogP contribution in [-0.2, 0) is 4.74 Å². The summed E-state index contributed by atoms with van der Waals surface area (Å²) >= 11 is 0. The van der Waals surface area contributed by atoms with Crippen LogP contribution >= 0.6 is 0 Å². The van der Waals surface area contributed by atoms with Crippen LogP contribution in [-0.4, -0.2) is 12.5 Å². The molecule has 0 atom stereocenters. The standard InChI is InChI=1S/C7H12N2O/c1-2-3-4-5-10-7(9)6-8/h9H,2-5H2,1H3. The highest BCUT2D eigenvalue weighted by Crippen LogP contribution is 1.93. The van der Waals surface area contributed by atoms with E-state index in [1.54, 1.807) is 6.07 Å². The van der Waals surface area contributed by atoms with Gasteiger partial charge in [0.25, 0.3) is 5.90 Å². The van der Waals surface area contributed by atoms with E-state index in [0.717, 1.165) is 19.3 Å². The molecule has 0 heterocycles. The fourth-order valence-electron chi connectivity index (χ4n) is 0.559. The molecule has 10 heavy (non-hydrogen) atoms. The SMILES string of the molecule is CCCCCOC(=N)C#N. The molecule has 0 saturated carbocycles. The van der Waals surface area contributed by atoms with E-state index >= 15 is 0 Å². The fourth-order valence-corrected chi connectivity index (χ4v) is 0.559. The molecular formula is C7H12N2O. The van der Waals surface area contributed by atoms with Crippen LogP contribution in [0.2, 0.25) is 0 Å². The zero-order chi connectivity index (χ0) is 7.82. The first kappa shape index (κ1) is 8.96. The van der Waals surface area contributed by atoms with Crippen molar-refractivity contribution in [2.24, 2.45) is 0 Å². The van der Waals surface area contributed by atoms with Crippen molar-refractivity contribution in [2.45, 2.75) is 26.2 Å². The van der Waals surface area contributed by atoms with Crippen LogP contribution in [0.4, 0.5) is 0 Å². The van der Waals surface area contributed by atoms with Crippen molar-refractivity contribution in [1.82, 2.24) is 0 Å². The lowest BCUT2D eigenvalue weighted by Gasteiger charge is -1.98. The van der Waals surface area contributed by atoms with Crippen LogP contribution < -0.4 is 0 Å². The number of nitriles is 1. The molecule has 3 heteroatoms.